The smallest absolute Gasteiger partial charge is 0.242 e. The maximum Gasteiger partial charge on any atom is 0.242 e. The van der Waals surface area contributed by atoms with Crippen LogP contribution in [-0.2, 0) is 21.9 Å². The highest BCUT2D eigenvalue weighted by Gasteiger charge is 2.28. The highest BCUT2D eigenvalue weighted by molar-refractivity contribution is 7.99. The molecular formula is C27H35FN2O2S. The van der Waals surface area contributed by atoms with E-state index in [1.54, 1.807) is 25.1 Å². The second-order valence-corrected chi connectivity index (χ2v) is 10.1. The van der Waals surface area contributed by atoms with Crippen molar-refractivity contribution in [1.29, 1.82) is 0 Å². The number of nitrogens with zero attached hydrogens (tertiary/aromatic N) is 1. The molecule has 1 fully saturated rings. The normalized spacial score (nSPS) is 15.2. The Morgan fingerprint density at radius 3 is 2.42 bits per heavy atom. The predicted molar refractivity (Wildman–Crippen MR) is 134 cm³/mol. The van der Waals surface area contributed by atoms with Gasteiger partial charge in [0.15, 0.2) is 0 Å². The average molecular weight is 471 g/mol. The van der Waals surface area contributed by atoms with Gasteiger partial charge in [-0.15, -0.1) is 11.8 Å². The minimum Gasteiger partial charge on any atom is -0.352 e. The monoisotopic (exact) mass is 470 g/mol. The molecule has 3 rings (SSSR count). The van der Waals surface area contributed by atoms with Crippen LogP contribution in [-0.4, -0.2) is 34.6 Å². The molecule has 0 bridgehead atoms. The van der Waals surface area contributed by atoms with Crippen LogP contribution in [0.3, 0.4) is 0 Å². The third kappa shape index (κ3) is 7.60. The molecule has 0 spiro atoms. The third-order valence-electron chi connectivity index (χ3n) is 6.19. The fourth-order valence-electron chi connectivity index (χ4n) is 4.45. The lowest BCUT2D eigenvalue weighted by molar-refractivity contribution is -0.139. The first-order chi connectivity index (χ1) is 15.8. The van der Waals surface area contributed by atoms with E-state index in [2.05, 4.69) is 37.4 Å². The Morgan fingerprint density at radius 1 is 1.09 bits per heavy atom. The minimum atomic E-state index is -0.666. The summed E-state index contributed by atoms with van der Waals surface area (Å²) in [5.74, 6) is 0.273. The molecule has 1 aliphatic rings. The van der Waals surface area contributed by atoms with Gasteiger partial charge in [-0.05, 0) is 45.2 Å². The van der Waals surface area contributed by atoms with Crippen molar-refractivity contribution in [2.75, 3.05) is 5.75 Å². The lowest BCUT2D eigenvalue weighted by atomic mass is 9.95. The van der Waals surface area contributed by atoms with Crippen LogP contribution in [0.15, 0.2) is 42.5 Å². The lowest BCUT2D eigenvalue weighted by Crippen LogP contribution is -2.51. The Balaban J connectivity index is 1.67. The van der Waals surface area contributed by atoms with Crippen LogP contribution in [0.2, 0.25) is 0 Å². The molecule has 33 heavy (non-hydrogen) atoms. The van der Waals surface area contributed by atoms with Crippen LogP contribution in [0, 0.1) is 19.7 Å². The SMILES string of the molecule is Cc1cc(C)cc(CSCC(=O)N(Cc2ccccc2F)C(C)C(=O)NC2CCCCC2)c1. The maximum atomic E-state index is 14.4. The molecule has 0 aliphatic heterocycles. The van der Waals surface area contributed by atoms with Crippen molar-refractivity contribution in [3.63, 3.8) is 0 Å². The fraction of sp³-hybridized carbons (Fsp3) is 0.481. The highest BCUT2D eigenvalue weighted by atomic mass is 32.2. The second kappa shape index (κ2) is 12.2. The van der Waals surface area contributed by atoms with Crippen molar-refractivity contribution in [1.82, 2.24) is 10.2 Å². The molecule has 4 nitrogen and oxygen atoms in total. The molecule has 1 atom stereocenters. The Morgan fingerprint density at radius 2 is 1.76 bits per heavy atom. The van der Waals surface area contributed by atoms with E-state index in [1.165, 1.54) is 45.8 Å². The summed E-state index contributed by atoms with van der Waals surface area (Å²) in [6, 6.07) is 12.3. The number of hydrogen-bond donors (Lipinski definition) is 1. The van der Waals surface area contributed by atoms with E-state index in [0.29, 0.717) is 11.3 Å². The highest BCUT2D eigenvalue weighted by Crippen LogP contribution is 2.20. The molecule has 178 valence electrons. The van der Waals surface area contributed by atoms with Crippen molar-refractivity contribution in [2.24, 2.45) is 0 Å². The second-order valence-electron chi connectivity index (χ2n) is 9.12. The number of rotatable bonds is 9. The number of benzene rings is 2. The summed E-state index contributed by atoms with van der Waals surface area (Å²) in [6.45, 7) is 5.95. The van der Waals surface area contributed by atoms with Crippen LogP contribution < -0.4 is 5.32 Å². The Kier molecular flexibility index (Phi) is 9.36. The van der Waals surface area contributed by atoms with Crippen molar-refractivity contribution in [3.05, 3.63) is 70.5 Å². The van der Waals surface area contributed by atoms with Crippen LogP contribution in [0.5, 0.6) is 0 Å². The van der Waals surface area contributed by atoms with E-state index < -0.39 is 6.04 Å². The van der Waals surface area contributed by atoms with Gasteiger partial charge in [0.25, 0.3) is 0 Å². The zero-order valence-electron chi connectivity index (χ0n) is 19.9. The summed E-state index contributed by atoms with van der Waals surface area (Å²) < 4.78 is 14.4. The molecule has 1 aliphatic carbocycles. The number of amides is 2. The quantitative estimate of drug-likeness (QED) is 0.523. The molecule has 1 N–H and O–H groups in total. The van der Waals surface area contributed by atoms with Gasteiger partial charge in [0.1, 0.15) is 11.9 Å². The zero-order valence-corrected chi connectivity index (χ0v) is 20.7. The Bertz CT molecular complexity index is 939. The largest absolute Gasteiger partial charge is 0.352 e. The molecule has 0 radical (unpaired) electrons. The van der Waals surface area contributed by atoms with Gasteiger partial charge >= 0.3 is 0 Å². The first-order valence-electron chi connectivity index (χ1n) is 11.8. The van der Waals surface area contributed by atoms with E-state index in [4.69, 9.17) is 0 Å². The maximum absolute atomic E-state index is 14.4. The zero-order chi connectivity index (χ0) is 23.8. The van der Waals surface area contributed by atoms with Crippen LogP contribution in [0.4, 0.5) is 4.39 Å². The molecule has 0 heterocycles. The Hall–Kier alpha value is -2.34. The first-order valence-corrected chi connectivity index (χ1v) is 13.0. The first kappa shape index (κ1) is 25.3. The third-order valence-corrected chi connectivity index (χ3v) is 7.18. The number of nitrogens with one attached hydrogen (secondary N) is 1. The van der Waals surface area contributed by atoms with Gasteiger partial charge in [-0.25, -0.2) is 4.39 Å². The van der Waals surface area contributed by atoms with Gasteiger partial charge in [0.2, 0.25) is 11.8 Å². The molecule has 2 aromatic carbocycles. The number of hydrogen-bond acceptors (Lipinski definition) is 3. The summed E-state index contributed by atoms with van der Waals surface area (Å²) in [5.41, 5.74) is 3.99. The van der Waals surface area contributed by atoms with Crippen molar-refractivity contribution >= 4 is 23.6 Å². The molecule has 1 saturated carbocycles. The van der Waals surface area contributed by atoms with Crippen molar-refractivity contribution in [2.45, 2.75) is 77.3 Å². The molecular weight excluding hydrogens is 435 g/mol. The Labute approximate surface area is 201 Å². The molecule has 6 heteroatoms. The summed E-state index contributed by atoms with van der Waals surface area (Å²) in [4.78, 5) is 27.7. The summed E-state index contributed by atoms with van der Waals surface area (Å²) in [6.07, 6.45) is 5.40. The van der Waals surface area contributed by atoms with E-state index in [0.717, 1.165) is 25.7 Å². The number of carbonyl (C=O) groups is 2. The van der Waals surface area contributed by atoms with Crippen LogP contribution >= 0.6 is 11.8 Å². The van der Waals surface area contributed by atoms with E-state index in [1.807, 2.05) is 0 Å². The average Bonchev–Trinajstić information content (AvgIpc) is 2.78. The number of aryl methyl sites for hydroxylation is 2. The molecule has 0 aromatic heterocycles. The molecule has 2 amide bonds. The molecule has 1 unspecified atom stereocenters. The molecule has 0 saturated heterocycles. The van der Waals surface area contributed by atoms with E-state index >= 15 is 0 Å². The van der Waals surface area contributed by atoms with Gasteiger partial charge in [-0.2, -0.15) is 0 Å². The number of halogens is 1. The lowest BCUT2D eigenvalue weighted by Gasteiger charge is -2.31. The van der Waals surface area contributed by atoms with Gasteiger partial charge < -0.3 is 10.2 Å². The fourth-order valence-corrected chi connectivity index (χ4v) is 5.30. The predicted octanol–water partition coefficient (Wildman–Crippen LogP) is 5.54. The van der Waals surface area contributed by atoms with Crippen molar-refractivity contribution < 1.29 is 14.0 Å². The number of thioether (sulfide) groups is 1. The van der Waals surface area contributed by atoms with Gasteiger partial charge in [0, 0.05) is 23.9 Å². The summed E-state index contributed by atoms with van der Waals surface area (Å²) in [5, 5.41) is 3.12. The van der Waals surface area contributed by atoms with Gasteiger partial charge in [-0.1, -0.05) is 66.8 Å². The van der Waals surface area contributed by atoms with Crippen molar-refractivity contribution in [3.8, 4) is 0 Å². The summed E-state index contributed by atoms with van der Waals surface area (Å²) >= 11 is 1.52. The summed E-state index contributed by atoms with van der Waals surface area (Å²) in [7, 11) is 0. The van der Waals surface area contributed by atoms with Gasteiger partial charge in [0.05, 0.1) is 5.75 Å². The van der Waals surface area contributed by atoms with Gasteiger partial charge in [-0.3, -0.25) is 9.59 Å². The van der Waals surface area contributed by atoms with Crippen LogP contribution in [0.1, 0.15) is 61.3 Å². The van der Waals surface area contributed by atoms with Crippen LogP contribution in [0.25, 0.3) is 0 Å². The molecule has 2 aromatic rings. The van der Waals surface area contributed by atoms with E-state index in [-0.39, 0.29) is 36.0 Å². The standard InChI is InChI=1S/C27H35FN2O2S/c1-19-13-20(2)15-22(14-19)17-33-18-26(31)30(16-23-9-7-8-12-25(23)28)21(3)27(32)29-24-10-5-4-6-11-24/h7-9,12-15,21,24H,4-6,10-11,16-18H2,1-3H3,(H,29,32). The van der Waals surface area contributed by atoms with E-state index in [9.17, 15) is 14.0 Å². The number of carbonyl (C=O) groups excluding carboxylic acids is 2. The minimum absolute atomic E-state index is 0.0782. The topological polar surface area (TPSA) is 49.4 Å².